The van der Waals surface area contributed by atoms with Gasteiger partial charge in [-0.25, -0.2) is 5.01 Å². The molecule has 0 saturated carbocycles. The van der Waals surface area contributed by atoms with E-state index in [0.717, 1.165) is 5.56 Å². The molecular formula is C13H19ClN2O3. The third-order valence-corrected chi connectivity index (χ3v) is 3.22. The van der Waals surface area contributed by atoms with Crippen LogP contribution in [0, 0.1) is 5.92 Å². The molecular weight excluding hydrogens is 268 g/mol. The van der Waals surface area contributed by atoms with Gasteiger partial charge < -0.3 is 9.84 Å². The number of halogens is 1. The monoisotopic (exact) mass is 286 g/mol. The van der Waals surface area contributed by atoms with Gasteiger partial charge in [-0.3, -0.25) is 10.6 Å². The Bertz CT molecular complexity index is 402. The van der Waals surface area contributed by atoms with Gasteiger partial charge in [-0.05, 0) is 12.0 Å². The second-order valence-corrected chi connectivity index (χ2v) is 4.56. The van der Waals surface area contributed by atoms with Gasteiger partial charge >= 0.3 is 5.97 Å². The van der Waals surface area contributed by atoms with Crippen LogP contribution in [0.2, 0.25) is 0 Å². The molecule has 106 valence electrons. The van der Waals surface area contributed by atoms with Crippen LogP contribution in [0.25, 0.3) is 0 Å². The number of nitrogens with two attached hydrogens (primary N) is 1. The standard InChI is InChI=1S/C13H18N2O3.ClH/c14-15-7-11(6-12(15)8-16)13(17)18-9-10-4-2-1-3-5-10;/h1-5,11-12,16H,6-9,14H2;1H/t11-,12-;/m1./s1. The molecule has 0 aliphatic carbocycles. The van der Waals surface area contributed by atoms with E-state index in [0.29, 0.717) is 13.0 Å². The highest BCUT2D eigenvalue weighted by molar-refractivity contribution is 5.85. The lowest BCUT2D eigenvalue weighted by molar-refractivity contribution is -0.149. The molecule has 2 atom stereocenters. The molecule has 19 heavy (non-hydrogen) atoms. The molecule has 0 radical (unpaired) electrons. The van der Waals surface area contributed by atoms with Crippen molar-refractivity contribution in [3.05, 3.63) is 35.9 Å². The van der Waals surface area contributed by atoms with E-state index in [-0.39, 0.29) is 43.5 Å². The fraction of sp³-hybridized carbons (Fsp3) is 0.462. The van der Waals surface area contributed by atoms with E-state index in [9.17, 15) is 4.79 Å². The van der Waals surface area contributed by atoms with Crippen molar-refractivity contribution in [1.82, 2.24) is 5.01 Å². The van der Waals surface area contributed by atoms with Crippen LogP contribution < -0.4 is 5.84 Å². The van der Waals surface area contributed by atoms with E-state index in [1.807, 2.05) is 30.3 Å². The zero-order valence-corrected chi connectivity index (χ0v) is 11.4. The van der Waals surface area contributed by atoms with Gasteiger partial charge in [0, 0.05) is 12.6 Å². The fourth-order valence-corrected chi connectivity index (χ4v) is 2.14. The average molecular weight is 287 g/mol. The third-order valence-electron chi connectivity index (χ3n) is 3.22. The van der Waals surface area contributed by atoms with E-state index < -0.39 is 0 Å². The van der Waals surface area contributed by atoms with Crippen LogP contribution >= 0.6 is 12.4 Å². The number of carbonyl (C=O) groups is 1. The van der Waals surface area contributed by atoms with Gasteiger partial charge in [0.1, 0.15) is 6.61 Å². The lowest BCUT2D eigenvalue weighted by Gasteiger charge is -2.14. The average Bonchev–Trinajstić information content (AvgIpc) is 2.78. The van der Waals surface area contributed by atoms with Crippen molar-refractivity contribution in [2.75, 3.05) is 13.2 Å². The van der Waals surface area contributed by atoms with Crippen molar-refractivity contribution in [3.8, 4) is 0 Å². The lowest BCUT2D eigenvalue weighted by atomic mass is 10.1. The highest BCUT2D eigenvalue weighted by atomic mass is 35.5. The minimum absolute atomic E-state index is 0. The summed E-state index contributed by atoms with van der Waals surface area (Å²) in [5, 5.41) is 10.6. The quantitative estimate of drug-likeness (QED) is 0.630. The van der Waals surface area contributed by atoms with Crippen LogP contribution in [0.3, 0.4) is 0 Å². The number of ether oxygens (including phenoxy) is 1. The Balaban J connectivity index is 0.00000180. The summed E-state index contributed by atoms with van der Waals surface area (Å²) in [6, 6.07) is 9.41. The topological polar surface area (TPSA) is 75.8 Å². The second-order valence-electron chi connectivity index (χ2n) is 4.56. The zero-order chi connectivity index (χ0) is 13.0. The highest BCUT2D eigenvalue weighted by Crippen LogP contribution is 2.21. The first kappa shape index (κ1) is 15.9. The number of carbonyl (C=O) groups excluding carboxylic acids is 1. The van der Waals surface area contributed by atoms with Crippen molar-refractivity contribution in [2.45, 2.75) is 19.1 Å². The predicted octanol–water partition coefficient (Wildman–Crippen LogP) is 0.708. The molecule has 5 nitrogen and oxygen atoms in total. The molecule has 1 aliphatic rings. The number of nitrogens with zero attached hydrogens (tertiary/aromatic N) is 1. The van der Waals surface area contributed by atoms with Gasteiger partial charge in [-0.15, -0.1) is 12.4 Å². The summed E-state index contributed by atoms with van der Waals surface area (Å²) in [6.45, 7) is 0.697. The summed E-state index contributed by atoms with van der Waals surface area (Å²) in [5.74, 6) is 5.21. The van der Waals surface area contributed by atoms with Gasteiger partial charge in [0.2, 0.25) is 0 Å². The van der Waals surface area contributed by atoms with Crippen LogP contribution in [-0.4, -0.2) is 35.3 Å². The number of esters is 1. The molecule has 1 saturated heterocycles. The van der Waals surface area contributed by atoms with Gasteiger partial charge in [0.15, 0.2) is 0 Å². The van der Waals surface area contributed by atoms with Crippen molar-refractivity contribution < 1.29 is 14.6 Å². The first-order chi connectivity index (χ1) is 8.70. The molecule has 0 amide bonds. The summed E-state index contributed by atoms with van der Waals surface area (Å²) in [7, 11) is 0. The summed E-state index contributed by atoms with van der Waals surface area (Å²) in [6.07, 6.45) is 0.556. The molecule has 0 aromatic heterocycles. The Labute approximate surface area is 118 Å². The summed E-state index contributed by atoms with van der Waals surface area (Å²) in [4.78, 5) is 11.8. The van der Waals surface area contributed by atoms with E-state index in [4.69, 9.17) is 15.7 Å². The molecule has 0 bridgehead atoms. The second kappa shape index (κ2) is 7.45. The summed E-state index contributed by atoms with van der Waals surface area (Å²) in [5.41, 5.74) is 0.965. The van der Waals surface area contributed by atoms with Crippen molar-refractivity contribution in [2.24, 2.45) is 11.8 Å². The van der Waals surface area contributed by atoms with Crippen molar-refractivity contribution in [1.29, 1.82) is 0 Å². The van der Waals surface area contributed by atoms with E-state index >= 15 is 0 Å². The lowest BCUT2D eigenvalue weighted by Crippen LogP contribution is -2.38. The molecule has 0 spiro atoms. The molecule has 1 aliphatic heterocycles. The number of hydrazine groups is 1. The Morgan fingerprint density at radius 3 is 2.68 bits per heavy atom. The van der Waals surface area contributed by atoms with Crippen LogP contribution in [0.4, 0.5) is 0 Å². The largest absolute Gasteiger partial charge is 0.461 e. The van der Waals surface area contributed by atoms with E-state index in [1.54, 1.807) is 0 Å². The first-order valence-electron chi connectivity index (χ1n) is 6.03. The minimum Gasteiger partial charge on any atom is -0.461 e. The maximum atomic E-state index is 11.8. The van der Waals surface area contributed by atoms with Crippen LogP contribution in [0.1, 0.15) is 12.0 Å². The molecule has 1 aromatic carbocycles. The predicted molar refractivity (Wildman–Crippen MR) is 73.4 cm³/mol. The smallest absolute Gasteiger partial charge is 0.310 e. The Morgan fingerprint density at radius 1 is 1.42 bits per heavy atom. The van der Waals surface area contributed by atoms with E-state index in [2.05, 4.69) is 0 Å². The molecule has 1 heterocycles. The zero-order valence-electron chi connectivity index (χ0n) is 10.6. The highest BCUT2D eigenvalue weighted by Gasteiger charge is 2.35. The molecule has 2 rings (SSSR count). The maximum Gasteiger partial charge on any atom is 0.310 e. The maximum absolute atomic E-state index is 11.8. The van der Waals surface area contributed by atoms with Gasteiger partial charge in [0.05, 0.1) is 12.5 Å². The molecule has 3 N–H and O–H groups in total. The van der Waals surface area contributed by atoms with E-state index in [1.165, 1.54) is 5.01 Å². The minimum atomic E-state index is -0.245. The van der Waals surface area contributed by atoms with Crippen LogP contribution in [0.5, 0.6) is 0 Å². The van der Waals surface area contributed by atoms with Gasteiger partial charge in [-0.2, -0.15) is 0 Å². The number of rotatable bonds is 4. The van der Waals surface area contributed by atoms with Gasteiger partial charge in [-0.1, -0.05) is 30.3 Å². The summed E-state index contributed by atoms with van der Waals surface area (Å²) >= 11 is 0. The Hall–Kier alpha value is -1.14. The van der Waals surface area contributed by atoms with Gasteiger partial charge in [0.25, 0.3) is 0 Å². The number of aliphatic hydroxyl groups is 1. The number of aliphatic hydroxyl groups excluding tert-OH is 1. The van der Waals surface area contributed by atoms with Crippen LogP contribution in [-0.2, 0) is 16.1 Å². The third kappa shape index (κ3) is 4.18. The van der Waals surface area contributed by atoms with Crippen LogP contribution in [0.15, 0.2) is 30.3 Å². The molecule has 1 fully saturated rings. The fourth-order valence-electron chi connectivity index (χ4n) is 2.14. The Morgan fingerprint density at radius 2 is 2.11 bits per heavy atom. The SMILES string of the molecule is Cl.NN1C[C@H](C(=O)OCc2ccccc2)C[C@@H]1CO. The summed E-state index contributed by atoms with van der Waals surface area (Å²) < 4.78 is 5.25. The van der Waals surface area contributed by atoms with Crippen molar-refractivity contribution >= 4 is 18.4 Å². The first-order valence-corrected chi connectivity index (χ1v) is 6.03. The normalized spacial score (nSPS) is 22.8. The Kier molecular flexibility index (Phi) is 6.24. The number of benzene rings is 1. The molecule has 6 heteroatoms. The number of hydrogen-bond acceptors (Lipinski definition) is 5. The molecule has 0 unspecified atom stereocenters. The molecule has 1 aromatic rings. The van der Waals surface area contributed by atoms with Crippen molar-refractivity contribution in [3.63, 3.8) is 0 Å². The number of hydrogen-bond donors (Lipinski definition) is 2.